The number of para-hydroxylation sites is 2. The first-order valence-corrected chi connectivity index (χ1v) is 11.2. The van der Waals surface area contributed by atoms with Crippen molar-refractivity contribution < 1.29 is 23.9 Å². The number of nitrogens with one attached hydrogen (secondary N) is 1. The third-order valence-electron chi connectivity index (χ3n) is 5.83. The molecule has 0 fully saturated rings. The number of imidazole rings is 1. The van der Waals surface area contributed by atoms with Crippen LogP contribution >= 0.6 is 0 Å². The van der Waals surface area contributed by atoms with Crippen molar-refractivity contribution in [1.29, 1.82) is 0 Å². The van der Waals surface area contributed by atoms with Crippen molar-refractivity contribution in [1.82, 2.24) is 14.9 Å². The van der Waals surface area contributed by atoms with Crippen LogP contribution < -0.4 is 19.5 Å². The van der Waals surface area contributed by atoms with E-state index in [1.807, 2.05) is 35.8 Å². The van der Waals surface area contributed by atoms with E-state index in [4.69, 9.17) is 19.2 Å². The Bertz CT molecular complexity index is 1390. The molecule has 0 aliphatic rings. The highest BCUT2D eigenvalue weighted by molar-refractivity contribution is 5.96. The van der Waals surface area contributed by atoms with Crippen LogP contribution in [0, 0.1) is 10.1 Å². The predicted molar refractivity (Wildman–Crippen MR) is 134 cm³/mol. The van der Waals surface area contributed by atoms with E-state index in [2.05, 4.69) is 5.32 Å². The Kier molecular flexibility index (Phi) is 7.05. The summed E-state index contributed by atoms with van der Waals surface area (Å²) in [5.41, 5.74) is 2.91. The van der Waals surface area contributed by atoms with Crippen LogP contribution in [0.15, 0.2) is 60.7 Å². The van der Waals surface area contributed by atoms with Gasteiger partial charge in [-0.05, 0) is 36.8 Å². The molecule has 10 heteroatoms. The minimum Gasteiger partial charge on any atom is -0.493 e. The van der Waals surface area contributed by atoms with Gasteiger partial charge in [0.2, 0.25) is 5.75 Å². The molecule has 36 heavy (non-hydrogen) atoms. The molecule has 4 aromatic rings. The number of carbonyl (C=O) groups excluding carboxylic acids is 1. The zero-order valence-corrected chi connectivity index (χ0v) is 20.3. The number of amides is 1. The third kappa shape index (κ3) is 4.78. The molecule has 0 bridgehead atoms. The van der Waals surface area contributed by atoms with Crippen molar-refractivity contribution in [2.24, 2.45) is 0 Å². The van der Waals surface area contributed by atoms with E-state index in [1.165, 1.54) is 33.5 Å². The molecule has 0 unspecified atom stereocenters. The van der Waals surface area contributed by atoms with Gasteiger partial charge in [-0.3, -0.25) is 14.9 Å². The highest BCUT2D eigenvalue weighted by Crippen LogP contribution is 2.38. The van der Waals surface area contributed by atoms with Crippen LogP contribution in [-0.4, -0.2) is 41.7 Å². The Balaban J connectivity index is 1.65. The molecular weight excluding hydrogens is 464 g/mol. The van der Waals surface area contributed by atoms with Crippen LogP contribution in [-0.2, 0) is 6.54 Å². The summed E-state index contributed by atoms with van der Waals surface area (Å²) in [6.45, 7) is 2.28. The van der Waals surface area contributed by atoms with Gasteiger partial charge in [-0.15, -0.1) is 0 Å². The second kappa shape index (κ2) is 10.3. The van der Waals surface area contributed by atoms with Gasteiger partial charge in [0, 0.05) is 24.2 Å². The van der Waals surface area contributed by atoms with Crippen molar-refractivity contribution in [3.05, 3.63) is 87.7 Å². The molecule has 1 atom stereocenters. The number of carbonyl (C=O) groups is 1. The Morgan fingerprint density at radius 2 is 1.67 bits per heavy atom. The lowest BCUT2D eigenvalue weighted by Gasteiger charge is -2.18. The first-order chi connectivity index (χ1) is 17.4. The summed E-state index contributed by atoms with van der Waals surface area (Å²) in [5, 5.41) is 14.0. The number of nitro benzene ring substituents is 1. The van der Waals surface area contributed by atoms with Gasteiger partial charge in [-0.1, -0.05) is 24.3 Å². The number of nitro groups is 1. The standard InChI is InChI=1S/C26H26N4O6/c1-16(27-26(31)18-13-22(34-2)24(36-4)23(14-18)35-3)25-28-20-7-5-6-8-21(20)29(25)15-17-9-11-19(12-10-17)30(32)33/h5-14,16H,15H2,1-4H3,(H,27,31)/t16-/m0/s1. The van der Waals surface area contributed by atoms with Crippen LogP contribution in [0.3, 0.4) is 0 Å². The van der Waals surface area contributed by atoms with Gasteiger partial charge in [0.25, 0.3) is 11.6 Å². The fourth-order valence-electron chi connectivity index (χ4n) is 4.05. The molecule has 0 saturated heterocycles. The van der Waals surface area contributed by atoms with Gasteiger partial charge in [0.15, 0.2) is 11.5 Å². The van der Waals surface area contributed by atoms with Gasteiger partial charge in [0.1, 0.15) is 5.82 Å². The molecule has 0 aliphatic carbocycles. The Morgan fingerprint density at radius 3 is 2.25 bits per heavy atom. The fraction of sp³-hybridized carbons (Fsp3) is 0.231. The zero-order chi connectivity index (χ0) is 25.8. The molecule has 0 saturated carbocycles. The smallest absolute Gasteiger partial charge is 0.269 e. The summed E-state index contributed by atoms with van der Waals surface area (Å²) in [5.74, 6) is 1.46. The summed E-state index contributed by atoms with van der Waals surface area (Å²) < 4.78 is 18.1. The van der Waals surface area contributed by atoms with Crippen LogP contribution in [0.4, 0.5) is 5.69 Å². The molecule has 0 aliphatic heterocycles. The van der Waals surface area contributed by atoms with Crippen LogP contribution in [0.1, 0.15) is 34.7 Å². The molecule has 1 heterocycles. The second-order valence-electron chi connectivity index (χ2n) is 8.08. The quantitative estimate of drug-likeness (QED) is 0.271. The van der Waals surface area contributed by atoms with E-state index >= 15 is 0 Å². The Hall–Kier alpha value is -4.60. The molecule has 10 nitrogen and oxygen atoms in total. The van der Waals surface area contributed by atoms with Crippen molar-refractivity contribution in [3.63, 3.8) is 0 Å². The van der Waals surface area contributed by atoms with E-state index in [1.54, 1.807) is 24.3 Å². The molecule has 4 rings (SSSR count). The summed E-state index contributed by atoms with van der Waals surface area (Å²) >= 11 is 0. The minimum absolute atomic E-state index is 0.0282. The summed E-state index contributed by atoms with van der Waals surface area (Å²) in [4.78, 5) is 28.5. The van der Waals surface area contributed by atoms with Gasteiger partial charge < -0.3 is 24.1 Å². The monoisotopic (exact) mass is 490 g/mol. The van der Waals surface area contributed by atoms with Gasteiger partial charge in [-0.25, -0.2) is 4.98 Å². The maximum Gasteiger partial charge on any atom is 0.269 e. The number of methoxy groups -OCH3 is 3. The summed E-state index contributed by atoms with van der Waals surface area (Å²) in [6, 6.07) is 16.8. The summed E-state index contributed by atoms with van der Waals surface area (Å²) in [6.07, 6.45) is 0. The average Bonchev–Trinajstić information content (AvgIpc) is 3.26. The molecule has 0 spiro atoms. The normalized spacial score (nSPS) is 11.7. The molecule has 1 amide bonds. The van der Waals surface area contributed by atoms with Crippen molar-refractivity contribution in [2.45, 2.75) is 19.5 Å². The fourth-order valence-corrected chi connectivity index (χ4v) is 4.05. The lowest BCUT2D eigenvalue weighted by Crippen LogP contribution is -2.29. The molecule has 1 N–H and O–H groups in total. The van der Waals surface area contributed by atoms with Gasteiger partial charge in [-0.2, -0.15) is 0 Å². The number of rotatable bonds is 9. The minimum atomic E-state index is -0.456. The largest absolute Gasteiger partial charge is 0.493 e. The number of fused-ring (bicyclic) bond motifs is 1. The maximum absolute atomic E-state index is 13.2. The van der Waals surface area contributed by atoms with E-state index in [0.29, 0.717) is 35.2 Å². The number of ether oxygens (including phenoxy) is 3. The van der Waals surface area contributed by atoms with E-state index in [9.17, 15) is 14.9 Å². The molecular formula is C26H26N4O6. The van der Waals surface area contributed by atoms with Crippen molar-refractivity contribution in [2.75, 3.05) is 21.3 Å². The molecule has 0 radical (unpaired) electrons. The molecule has 1 aromatic heterocycles. The first-order valence-electron chi connectivity index (χ1n) is 11.2. The van der Waals surface area contributed by atoms with Gasteiger partial charge >= 0.3 is 0 Å². The Morgan fingerprint density at radius 1 is 1.03 bits per heavy atom. The van der Waals surface area contributed by atoms with E-state index < -0.39 is 11.0 Å². The number of hydrogen-bond donors (Lipinski definition) is 1. The lowest BCUT2D eigenvalue weighted by molar-refractivity contribution is -0.384. The second-order valence-corrected chi connectivity index (χ2v) is 8.08. The highest BCUT2D eigenvalue weighted by Gasteiger charge is 2.22. The third-order valence-corrected chi connectivity index (χ3v) is 5.83. The number of benzene rings is 3. The van der Waals surface area contributed by atoms with Crippen LogP contribution in [0.5, 0.6) is 17.2 Å². The van der Waals surface area contributed by atoms with Crippen LogP contribution in [0.2, 0.25) is 0 Å². The Labute approximate surface area is 207 Å². The predicted octanol–water partition coefficient (Wildman–Crippen LogP) is 4.51. The molecule has 3 aromatic carbocycles. The first kappa shape index (κ1) is 24.5. The van der Waals surface area contributed by atoms with E-state index in [0.717, 1.165) is 16.6 Å². The van der Waals surface area contributed by atoms with Gasteiger partial charge in [0.05, 0.1) is 43.3 Å². The number of non-ortho nitro benzene ring substituents is 1. The number of hydrogen-bond acceptors (Lipinski definition) is 7. The van der Waals surface area contributed by atoms with E-state index in [-0.39, 0.29) is 11.6 Å². The van der Waals surface area contributed by atoms with Crippen molar-refractivity contribution in [3.8, 4) is 17.2 Å². The average molecular weight is 491 g/mol. The number of aromatic nitrogens is 2. The number of nitrogens with zero attached hydrogens (tertiary/aromatic N) is 3. The summed E-state index contributed by atoms with van der Waals surface area (Å²) in [7, 11) is 4.47. The zero-order valence-electron chi connectivity index (χ0n) is 20.3. The SMILES string of the molecule is COc1cc(C(=O)N[C@@H](C)c2nc3ccccc3n2Cc2ccc([N+](=O)[O-])cc2)cc(OC)c1OC. The van der Waals surface area contributed by atoms with Crippen molar-refractivity contribution >= 4 is 22.6 Å². The molecule has 186 valence electrons. The maximum atomic E-state index is 13.2. The topological polar surface area (TPSA) is 118 Å². The lowest BCUT2D eigenvalue weighted by atomic mass is 10.1. The highest BCUT2D eigenvalue weighted by atomic mass is 16.6. The van der Waals surface area contributed by atoms with Crippen LogP contribution in [0.25, 0.3) is 11.0 Å².